The summed E-state index contributed by atoms with van der Waals surface area (Å²) in [5.41, 5.74) is 24.4. The Labute approximate surface area is 340 Å². The van der Waals surface area contributed by atoms with E-state index in [1.54, 1.807) is 0 Å². The topological polar surface area (TPSA) is 0 Å². The lowest BCUT2D eigenvalue weighted by Crippen LogP contribution is -2.31. The molecule has 57 heavy (non-hydrogen) atoms. The summed E-state index contributed by atoms with van der Waals surface area (Å²) in [6, 6.07) is 64.7. The summed E-state index contributed by atoms with van der Waals surface area (Å²) in [7, 11) is 0. The van der Waals surface area contributed by atoms with E-state index in [0.717, 1.165) is 0 Å². The average molecular weight is 737 g/mol. The Kier molecular flexibility index (Phi) is 10.2. The highest BCUT2D eigenvalue weighted by Gasteiger charge is 2.38. The predicted octanol–water partition coefficient (Wildman–Crippen LogP) is 15.2. The van der Waals surface area contributed by atoms with Gasteiger partial charge in [0.1, 0.15) is 0 Å². The minimum absolute atomic E-state index is 0.607. The van der Waals surface area contributed by atoms with Crippen molar-refractivity contribution >= 4 is 0 Å². The van der Waals surface area contributed by atoms with Crippen molar-refractivity contribution in [3.05, 3.63) is 237 Å². The summed E-state index contributed by atoms with van der Waals surface area (Å²) < 4.78 is 0. The highest BCUT2D eigenvalue weighted by molar-refractivity contribution is 5.73. The molecule has 8 aromatic rings. The first-order chi connectivity index (χ1) is 27.4. The van der Waals surface area contributed by atoms with Gasteiger partial charge >= 0.3 is 0 Å². The van der Waals surface area contributed by atoms with E-state index in [4.69, 9.17) is 0 Å². The first kappa shape index (κ1) is 37.7. The van der Waals surface area contributed by atoms with Crippen LogP contribution in [-0.2, 0) is 5.41 Å². The second kappa shape index (κ2) is 15.4. The molecule has 0 aliphatic carbocycles. The van der Waals surface area contributed by atoms with Gasteiger partial charge in [0, 0.05) is 0 Å². The van der Waals surface area contributed by atoms with Crippen molar-refractivity contribution in [1.82, 2.24) is 0 Å². The molecule has 0 saturated heterocycles. The van der Waals surface area contributed by atoms with Crippen molar-refractivity contribution in [2.75, 3.05) is 0 Å². The molecule has 0 heteroatoms. The van der Waals surface area contributed by atoms with Crippen LogP contribution in [0.5, 0.6) is 0 Å². The van der Waals surface area contributed by atoms with E-state index in [1.807, 2.05) is 0 Å². The molecule has 0 saturated carbocycles. The summed E-state index contributed by atoms with van der Waals surface area (Å²) in [6.45, 7) is 17.5. The number of benzene rings is 8. The Morgan fingerprint density at radius 1 is 0.193 bits per heavy atom. The summed E-state index contributed by atoms with van der Waals surface area (Å²) in [4.78, 5) is 0. The Balaban J connectivity index is 1.36. The Hall–Kier alpha value is -6.24. The Morgan fingerprint density at radius 3 is 0.509 bits per heavy atom. The van der Waals surface area contributed by atoms with Gasteiger partial charge < -0.3 is 0 Å². The molecule has 8 rings (SSSR count). The highest BCUT2D eigenvalue weighted by Crippen LogP contribution is 2.47. The van der Waals surface area contributed by atoms with Gasteiger partial charge in [-0.2, -0.15) is 0 Å². The van der Waals surface area contributed by atoms with Crippen LogP contribution in [0.15, 0.2) is 170 Å². The van der Waals surface area contributed by atoms with Crippen LogP contribution >= 0.6 is 0 Å². The number of hydrogen-bond donors (Lipinski definition) is 0. The second-order valence-corrected chi connectivity index (χ2v) is 16.6. The third-order valence-corrected chi connectivity index (χ3v) is 11.5. The van der Waals surface area contributed by atoms with Gasteiger partial charge in [0.25, 0.3) is 0 Å². The maximum absolute atomic E-state index is 2.36. The van der Waals surface area contributed by atoms with Crippen molar-refractivity contribution in [2.24, 2.45) is 0 Å². The second-order valence-electron chi connectivity index (χ2n) is 16.6. The average Bonchev–Trinajstić information content (AvgIpc) is 3.18. The van der Waals surface area contributed by atoms with E-state index in [1.165, 1.54) is 111 Å². The van der Waals surface area contributed by atoms with Crippen LogP contribution in [0.25, 0.3) is 44.5 Å². The van der Waals surface area contributed by atoms with Gasteiger partial charge in [0.05, 0.1) is 5.41 Å². The van der Waals surface area contributed by atoms with Gasteiger partial charge in [-0.25, -0.2) is 0 Å². The van der Waals surface area contributed by atoms with Gasteiger partial charge in [-0.1, -0.05) is 214 Å². The van der Waals surface area contributed by atoms with Gasteiger partial charge in [0.15, 0.2) is 0 Å². The van der Waals surface area contributed by atoms with Gasteiger partial charge in [-0.3, -0.25) is 0 Å². The number of aryl methyl sites for hydroxylation is 8. The molecule has 0 radical (unpaired) electrons. The number of hydrogen-bond acceptors (Lipinski definition) is 0. The molecule has 0 N–H and O–H groups in total. The summed E-state index contributed by atoms with van der Waals surface area (Å²) in [5, 5.41) is 0. The molecular weight excluding hydrogens is 685 g/mol. The van der Waals surface area contributed by atoms with E-state index in [9.17, 15) is 0 Å². The van der Waals surface area contributed by atoms with Crippen molar-refractivity contribution in [3.63, 3.8) is 0 Å². The molecule has 0 bridgehead atoms. The first-order valence-corrected chi connectivity index (χ1v) is 20.2. The fourth-order valence-corrected chi connectivity index (χ4v) is 9.22. The zero-order valence-corrected chi connectivity index (χ0v) is 34.7. The van der Waals surface area contributed by atoms with Crippen LogP contribution in [0.4, 0.5) is 0 Å². The minimum atomic E-state index is -0.607. The fraction of sp³-hybridized carbons (Fsp3) is 0.158. The molecule has 0 aliphatic heterocycles. The molecule has 8 aromatic carbocycles. The molecule has 0 nitrogen and oxygen atoms in total. The molecule has 280 valence electrons. The smallest absolute Gasteiger partial charge is 0.0568 e. The Morgan fingerprint density at radius 2 is 0.351 bits per heavy atom. The van der Waals surface area contributed by atoms with Crippen LogP contribution in [0.2, 0.25) is 0 Å². The Bertz CT molecular complexity index is 2240. The SMILES string of the molecule is Cc1cc(C)cc(-c2ccc(C(c3ccc(-c4cc(C)cc(C)c4)cc3)(c3ccc(-c4cc(C)cc(C)c4)cc3)c3ccc(-c4cc(C)cc(C)c4)cc3)cc2)c1. The van der Waals surface area contributed by atoms with Crippen molar-refractivity contribution in [3.8, 4) is 44.5 Å². The summed E-state index contributed by atoms with van der Waals surface area (Å²) >= 11 is 0. The normalized spacial score (nSPS) is 11.5. The monoisotopic (exact) mass is 736 g/mol. The zero-order valence-electron chi connectivity index (χ0n) is 34.7. The summed E-state index contributed by atoms with van der Waals surface area (Å²) in [5.74, 6) is 0. The first-order valence-electron chi connectivity index (χ1n) is 20.2. The van der Waals surface area contributed by atoms with E-state index >= 15 is 0 Å². The van der Waals surface area contributed by atoms with Crippen LogP contribution in [0, 0.1) is 55.4 Å². The molecule has 0 spiro atoms. The summed E-state index contributed by atoms with van der Waals surface area (Å²) in [6.07, 6.45) is 0. The van der Waals surface area contributed by atoms with Crippen LogP contribution in [0.3, 0.4) is 0 Å². The molecule has 0 amide bonds. The lowest BCUT2D eigenvalue weighted by atomic mass is 9.64. The lowest BCUT2D eigenvalue weighted by Gasteiger charge is -2.37. The molecule has 0 heterocycles. The molecular formula is C57H52. The molecule has 0 aromatic heterocycles. The van der Waals surface area contributed by atoms with E-state index in [2.05, 4.69) is 225 Å². The van der Waals surface area contributed by atoms with Crippen LogP contribution < -0.4 is 0 Å². The van der Waals surface area contributed by atoms with Gasteiger partial charge in [-0.05, 0) is 122 Å². The van der Waals surface area contributed by atoms with Gasteiger partial charge in [0.2, 0.25) is 0 Å². The largest absolute Gasteiger partial charge is 0.0701 e. The highest BCUT2D eigenvalue weighted by atomic mass is 14.4. The van der Waals surface area contributed by atoms with Gasteiger partial charge in [-0.15, -0.1) is 0 Å². The van der Waals surface area contributed by atoms with E-state index < -0.39 is 5.41 Å². The molecule has 0 unspecified atom stereocenters. The maximum Gasteiger partial charge on any atom is 0.0701 e. The third-order valence-electron chi connectivity index (χ3n) is 11.5. The van der Waals surface area contributed by atoms with Crippen molar-refractivity contribution in [1.29, 1.82) is 0 Å². The predicted molar refractivity (Wildman–Crippen MR) is 244 cm³/mol. The third kappa shape index (κ3) is 7.66. The zero-order chi connectivity index (χ0) is 39.8. The van der Waals surface area contributed by atoms with Crippen molar-refractivity contribution in [2.45, 2.75) is 60.8 Å². The molecule has 0 atom stereocenters. The standard InChI is InChI=1S/C57H52/c1-37-25-38(2)30-49(29-37)45-9-17-53(18-10-45)57(54-19-11-46(12-20-54)50-31-39(3)26-40(4)32-50,55-21-13-47(14-22-55)51-33-41(5)27-42(6)34-51)56-23-15-48(16-24-56)52-35-43(7)28-44(8)36-52/h9-36H,1-8H3. The van der Waals surface area contributed by atoms with E-state index in [-0.39, 0.29) is 0 Å². The minimum Gasteiger partial charge on any atom is -0.0568 e. The molecule has 0 aliphatic rings. The van der Waals surface area contributed by atoms with Crippen LogP contribution in [0.1, 0.15) is 66.8 Å². The quantitative estimate of drug-likeness (QED) is 0.136. The van der Waals surface area contributed by atoms with Crippen LogP contribution in [-0.4, -0.2) is 0 Å². The lowest BCUT2D eigenvalue weighted by molar-refractivity contribution is 0.745. The van der Waals surface area contributed by atoms with Crippen molar-refractivity contribution < 1.29 is 0 Å². The molecule has 0 fully saturated rings. The number of rotatable bonds is 8. The maximum atomic E-state index is 2.36. The van der Waals surface area contributed by atoms with E-state index in [0.29, 0.717) is 0 Å². The fourth-order valence-electron chi connectivity index (χ4n) is 9.22.